The van der Waals surface area contributed by atoms with Gasteiger partial charge in [-0.2, -0.15) is 0 Å². The highest BCUT2D eigenvalue weighted by Crippen LogP contribution is 2.10. The minimum Gasteiger partial charge on any atom is -0.352 e. The standard InChI is InChI=1S/C13H20ClN3/c1-13(2,3)17-12(15-4)16-9-10-6-5-7-11(14)8-10/h5-8H,9H2,1-4H3,(H2,15,16,17). The van der Waals surface area contributed by atoms with Crippen LogP contribution in [0.25, 0.3) is 0 Å². The van der Waals surface area contributed by atoms with E-state index in [4.69, 9.17) is 11.6 Å². The molecule has 17 heavy (non-hydrogen) atoms. The Morgan fingerprint density at radius 2 is 2.06 bits per heavy atom. The molecule has 3 nitrogen and oxygen atoms in total. The van der Waals surface area contributed by atoms with E-state index in [2.05, 4.69) is 36.4 Å². The van der Waals surface area contributed by atoms with E-state index in [1.54, 1.807) is 7.05 Å². The van der Waals surface area contributed by atoms with Crippen LogP contribution in [0.1, 0.15) is 26.3 Å². The summed E-state index contributed by atoms with van der Waals surface area (Å²) < 4.78 is 0. The lowest BCUT2D eigenvalue weighted by molar-refractivity contribution is 0.501. The maximum atomic E-state index is 5.93. The zero-order valence-electron chi connectivity index (χ0n) is 10.8. The van der Waals surface area contributed by atoms with Crippen molar-refractivity contribution in [3.05, 3.63) is 34.9 Å². The molecule has 94 valence electrons. The van der Waals surface area contributed by atoms with Gasteiger partial charge in [-0.05, 0) is 38.5 Å². The zero-order valence-corrected chi connectivity index (χ0v) is 11.6. The smallest absolute Gasteiger partial charge is 0.191 e. The predicted molar refractivity (Wildman–Crippen MR) is 74.5 cm³/mol. The van der Waals surface area contributed by atoms with Gasteiger partial charge in [-0.3, -0.25) is 4.99 Å². The minimum absolute atomic E-state index is 0.00379. The van der Waals surface area contributed by atoms with Gasteiger partial charge in [0.15, 0.2) is 5.96 Å². The van der Waals surface area contributed by atoms with Gasteiger partial charge in [0.1, 0.15) is 0 Å². The Kier molecular flexibility index (Phi) is 4.82. The topological polar surface area (TPSA) is 36.4 Å². The van der Waals surface area contributed by atoms with Gasteiger partial charge < -0.3 is 10.6 Å². The summed E-state index contributed by atoms with van der Waals surface area (Å²) in [7, 11) is 1.76. The Morgan fingerprint density at radius 1 is 1.35 bits per heavy atom. The van der Waals surface area contributed by atoms with Crippen LogP contribution in [0, 0.1) is 0 Å². The molecule has 0 aliphatic rings. The first-order valence-electron chi connectivity index (χ1n) is 5.64. The molecule has 0 fully saturated rings. The van der Waals surface area contributed by atoms with Crippen LogP contribution in [0.5, 0.6) is 0 Å². The third-order valence-electron chi connectivity index (χ3n) is 2.07. The molecule has 0 heterocycles. The van der Waals surface area contributed by atoms with Crippen LogP contribution in [0.2, 0.25) is 5.02 Å². The van der Waals surface area contributed by atoms with Crippen LogP contribution in [-0.4, -0.2) is 18.5 Å². The van der Waals surface area contributed by atoms with Crippen molar-refractivity contribution in [3.8, 4) is 0 Å². The van der Waals surface area contributed by atoms with E-state index >= 15 is 0 Å². The van der Waals surface area contributed by atoms with Gasteiger partial charge >= 0.3 is 0 Å². The summed E-state index contributed by atoms with van der Waals surface area (Å²) in [6.07, 6.45) is 0. The predicted octanol–water partition coefficient (Wildman–Crippen LogP) is 2.80. The van der Waals surface area contributed by atoms with Crippen molar-refractivity contribution in [1.82, 2.24) is 10.6 Å². The fourth-order valence-corrected chi connectivity index (χ4v) is 1.58. The van der Waals surface area contributed by atoms with E-state index in [-0.39, 0.29) is 5.54 Å². The van der Waals surface area contributed by atoms with Crippen molar-refractivity contribution in [2.75, 3.05) is 7.05 Å². The monoisotopic (exact) mass is 253 g/mol. The highest BCUT2D eigenvalue weighted by Gasteiger charge is 2.11. The quantitative estimate of drug-likeness (QED) is 0.628. The molecule has 0 aliphatic heterocycles. The number of aliphatic imine (C=N–C) groups is 1. The van der Waals surface area contributed by atoms with Gasteiger partial charge in [-0.1, -0.05) is 23.7 Å². The van der Waals surface area contributed by atoms with Crippen LogP contribution in [0.4, 0.5) is 0 Å². The highest BCUT2D eigenvalue weighted by atomic mass is 35.5. The molecular weight excluding hydrogens is 234 g/mol. The van der Waals surface area contributed by atoms with Gasteiger partial charge in [0.2, 0.25) is 0 Å². The van der Waals surface area contributed by atoms with Crippen molar-refractivity contribution >= 4 is 17.6 Å². The Balaban J connectivity index is 2.54. The largest absolute Gasteiger partial charge is 0.352 e. The van der Waals surface area contributed by atoms with Crippen LogP contribution in [-0.2, 0) is 6.54 Å². The van der Waals surface area contributed by atoms with Crippen LogP contribution < -0.4 is 10.6 Å². The molecule has 0 aliphatic carbocycles. The summed E-state index contributed by atoms with van der Waals surface area (Å²) in [5.74, 6) is 0.789. The Morgan fingerprint density at radius 3 is 2.59 bits per heavy atom. The van der Waals surface area contributed by atoms with Crippen molar-refractivity contribution in [2.45, 2.75) is 32.9 Å². The third kappa shape index (κ3) is 5.59. The molecule has 1 rings (SSSR count). The molecule has 4 heteroatoms. The second kappa shape index (κ2) is 5.92. The van der Waals surface area contributed by atoms with E-state index < -0.39 is 0 Å². The van der Waals surface area contributed by atoms with Gasteiger partial charge in [0.25, 0.3) is 0 Å². The van der Waals surface area contributed by atoms with E-state index in [9.17, 15) is 0 Å². The number of hydrogen-bond acceptors (Lipinski definition) is 1. The zero-order chi connectivity index (χ0) is 12.9. The highest BCUT2D eigenvalue weighted by molar-refractivity contribution is 6.30. The number of guanidine groups is 1. The summed E-state index contributed by atoms with van der Waals surface area (Å²) in [5, 5.41) is 7.30. The molecule has 0 spiro atoms. The van der Waals surface area contributed by atoms with Gasteiger partial charge in [0.05, 0.1) is 0 Å². The summed E-state index contributed by atoms with van der Waals surface area (Å²) in [4.78, 5) is 4.17. The first kappa shape index (κ1) is 13.8. The van der Waals surface area contributed by atoms with Crippen molar-refractivity contribution in [1.29, 1.82) is 0 Å². The van der Waals surface area contributed by atoms with E-state index in [0.717, 1.165) is 16.5 Å². The molecule has 1 aromatic carbocycles. The molecule has 0 bridgehead atoms. The molecule has 0 amide bonds. The van der Waals surface area contributed by atoms with Crippen LogP contribution >= 0.6 is 11.6 Å². The Labute approximate surface area is 108 Å². The summed E-state index contributed by atoms with van der Waals surface area (Å²) in [6, 6.07) is 7.79. The first-order valence-corrected chi connectivity index (χ1v) is 6.02. The maximum absolute atomic E-state index is 5.93. The normalized spacial score (nSPS) is 12.4. The molecule has 1 aromatic rings. The van der Waals surface area contributed by atoms with Crippen LogP contribution in [0.3, 0.4) is 0 Å². The molecule has 0 aromatic heterocycles. The number of benzene rings is 1. The average Bonchev–Trinajstić information content (AvgIpc) is 2.23. The lowest BCUT2D eigenvalue weighted by Crippen LogP contribution is -2.47. The summed E-state index contributed by atoms with van der Waals surface area (Å²) in [5.41, 5.74) is 1.13. The fourth-order valence-electron chi connectivity index (χ4n) is 1.37. The van der Waals surface area contributed by atoms with E-state index in [1.165, 1.54) is 0 Å². The Bertz CT molecular complexity index is 394. The molecule has 2 N–H and O–H groups in total. The van der Waals surface area contributed by atoms with Crippen LogP contribution in [0.15, 0.2) is 29.3 Å². The lowest BCUT2D eigenvalue weighted by Gasteiger charge is -2.23. The molecule has 0 unspecified atom stereocenters. The van der Waals surface area contributed by atoms with Crippen molar-refractivity contribution in [3.63, 3.8) is 0 Å². The van der Waals surface area contributed by atoms with Gasteiger partial charge in [-0.15, -0.1) is 0 Å². The van der Waals surface area contributed by atoms with Crippen molar-refractivity contribution in [2.24, 2.45) is 4.99 Å². The second-order valence-corrected chi connectivity index (χ2v) is 5.37. The molecule has 0 atom stereocenters. The van der Waals surface area contributed by atoms with E-state index in [0.29, 0.717) is 6.54 Å². The molecule has 0 saturated heterocycles. The number of rotatable bonds is 2. The summed E-state index contributed by atoms with van der Waals surface area (Å²) in [6.45, 7) is 6.99. The second-order valence-electron chi connectivity index (χ2n) is 4.93. The average molecular weight is 254 g/mol. The van der Waals surface area contributed by atoms with E-state index in [1.807, 2.05) is 24.3 Å². The van der Waals surface area contributed by atoms with Gasteiger partial charge in [-0.25, -0.2) is 0 Å². The number of halogens is 1. The first-order chi connectivity index (χ1) is 7.90. The lowest BCUT2D eigenvalue weighted by atomic mass is 10.1. The fraction of sp³-hybridized carbons (Fsp3) is 0.462. The van der Waals surface area contributed by atoms with Crippen molar-refractivity contribution < 1.29 is 0 Å². The van der Waals surface area contributed by atoms with Gasteiger partial charge in [0, 0.05) is 24.2 Å². The minimum atomic E-state index is -0.00379. The third-order valence-corrected chi connectivity index (χ3v) is 2.30. The SMILES string of the molecule is CN=C(NCc1cccc(Cl)c1)NC(C)(C)C. The number of nitrogens with one attached hydrogen (secondary N) is 2. The number of hydrogen-bond donors (Lipinski definition) is 2. The summed E-state index contributed by atoms with van der Waals surface area (Å²) >= 11 is 5.93. The Hall–Kier alpha value is -1.22. The maximum Gasteiger partial charge on any atom is 0.191 e. The number of nitrogens with zero attached hydrogens (tertiary/aromatic N) is 1. The molecule has 0 saturated carbocycles. The molecular formula is C13H20ClN3. The molecule has 0 radical (unpaired) electrons.